The quantitative estimate of drug-likeness (QED) is 0.0698. The van der Waals surface area contributed by atoms with Crippen LogP contribution in [-0.4, -0.2) is 121 Å². The highest BCUT2D eigenvalue weighted by Gasteiger charge is 2.21. The molecular formula is C26H56N4O12. The van der Waals surface area contributed by atoms with Gasteiger partial charge in [0, 0.05) is 7.11 Å². The lowest BCUT2D eigenvalue weighted by Crippen LogP contribution is -2.39. The molecule has 252 valence electrons. The Kier molecular flexibility index (Phi) is 31.8. The normalized spacial score (nSPS) is 14.5. The summed E-state index contributed by atoms with van der Waals surface area (Å²) in [4.78, 5) is 44.1. The molecule has 16 heteroatoms. The van der Waals surface area contributed by atoms with Crippen molar-refractivity contribution in [1.82, 2.24) is 0 Å². The Balaban J connectivity index is -0.000000268. The molecular weight excluding hydrogens is 560 g/mol. The van der Waals surface area contributed by atoms with Gasteiger partial charge in [-0.3, -0.25) is 19.2 Å². The molecule has 0 bridgehead atoms. The number of esters is 4. The number of hydrogen-bond donors (Lipinski definition) is 8. The second kappa shape index (κ2) is 28.7. The number of aliphatic hydroxyl groups excluding tert-OH is 4. The maximum Gasteiger partial charge on any atom is 0.325 e. The van der Waals surface area contributed by atoms with Gasteiger partial charge < -0.3 is 62.3 Å². The lowest BCUT2D eigenvalue weighted by Gasteiger charge is -2.18. The first-order valence-electron chi connectivity index (χ1n) is 13.4. The predicted octanol–water partition coefficient (Wildman–Crippen LogP) is -2.47. The number of hydrogen-bond acceptors (Lipinski definition) is 16. The summed E-state index contributed by atoms with van der Waals surface area (Å²) in [5, 5.41) is 32.7. The molecule has 0 aromatic heterocycles. The minimum absolute atomic E-state index is 0.0907. The number of nitrogens with two attached hydrogens (primary N) is 4. The van der Waals surface area contributed by atoms with E-state index in [0.29, 0.717) is 24.7 Å². The van der Waals surface area contributed by atoms with Gasteiger partial charge in [-0.15, -0.1) is 0 Å². The molecule has 0 saturated carbocycles. The average molecular weight is 617 g/mol. The third-order valence-electron chi connectivity index (χ3n) is 4.50. The van der Waals surface area contributed by atoms with Crippen LogP contribution in [0.3, 0.4) is 0 Å². The molecule has 0 fully saturated rings. The molecule has 0 radical (unpaired) electrons. The Morgan fingerprint density at radius 1 is 0.619 bits per heavy atom. The van der Waals surface area contributed by atoms with Crippen LogP contribution in [0.5, 0.6) is 0 Å². The molecule has 0 heterocycles. The monoisotopic (exact) mass is 616 g/mol. The minimum atomic E-state index is -1.08. The highest BCUT2D eigenvalue weighted by atomic mass is 16.6. The summed E-state index contributed by atoms with van der Waals surface area (Å²) in [7, 11) is 2.35. The van der Waals surface area contributed by atoms with E-state index in [2.05, 4.69) is 9.47 Å². The number of carbonyl (C=O) groups excluding carboxylic acids is 4. The zero-order valence-corrected chi connectivity index (χ0v) is 26.2. The van der Waals surface area contributed by atoms with Gasteiger partial charge in [0.2, 0.25) is 0 Å². The second-order valence-corrected chi connectivity index (χ2v) is 9.93. The zero-order valence-electron chi connectivity index (χ0n) is 26.2. The number of rotatable bonds is 15. The molecule has 6 atom stereocenters. The summed E-state index contributed by atoms with van der Waals surface area (Å²) in [5.41, 5.74) is 21.5. The molecule has 16 nitrogen and oxygen atoms in total. The van der Waals surface area contributed by atoms with E-state index in [-0.39, 0.29) is 19.2 Å². The van der Waals surface area contributed by atoms with Crippen molar-refractivity contribution >= 4 is 23.9 Å². The molecule has 0 rings (SSSR count). The lowest BCUT2D eigenvalue weighted by atomic mass is 10.1. The number of methoxy groups -OCH3 is 1. The molecule has 0 spiro atoms. The van der Waals surface area contributed by atoms with E-state index in [9.17, 15) is 19.2 Å². The van der Waals surface area contributed by atoms with Gasteiger partial charge >= 0.3 is 23.9 Å². The van der Waals surface area contributed by atoms with Crippen molar-refractivity contribution in [2.45, 2.75) is 90.8 Å². The Bertz CT molecular complexity index is 711. The summed E-state index contributed by atoms with van der Waals surface area (Å²) in [6.45, 7) is 9.86. The van der Waals surface area contributed by atoms with Crippen LogP contribution in [0.2, 0.25) is 0 Å². The Labute approximate surface area is 249 Å². The van der Waals surface area contributed by atoms with E-state index in [0.717, 1.165) is 7.11 Å². The molecule has 0 saturated heterocycles. The van der Waals surface area contributed by atoms with E-state index in [1.807, 2.05) is 27.7 Å². The van der Waals surface area contributed by atoms with Crippen LogP contribution in [0.25, 0.3) is 0 Å². The fourth-order valence-electron chi connectivity index (χ4n) is 2.44. The van der Waals surface area contributed by atoms with Crippen molar-refractivity contribution in [3.63, 3.8) is 0 Å². The fourth-order valence-corrected chi connectivity index (χ4v) is 2.44. The SMILES string of the molecule is CC(C)C[C@H](N)C(=O)OC(C)COC(=O)[C@@H](N)CO.CC(O)COC(=O)[C@@H](N)CO.CO.COC(=O)[C@@H](N)CC(C)C. The fraction of sp³-hybridized carbons (Fsp3) is 0.846. The average Bonchev–Trinajstić information content (AvgIpc) is 2.93. The highest BCUT2D eigenvalue weighted by molar-refractivity contribution is 5.77. The van der Waals surface area contributed by atoms with E-state index in [1.54, 1.807) is 6.92 Å². The van der Waals surface area contributed by atoms with Crippen molar-refractivity contribution in [2.24, 2.45) is 34.8 Å². The van der Waals surface area contributed by atoms with Gasteiger partial charge in [-0.25, -0.2) is 0 Å². The van der Waals surface area contributed by atoms with Crippen LogP contribution in [-0.2, 0) is 38.1 Å². The molecule has 2 unspecified atom stereocenters. The topological polar surface area (TPSA) is 290 Å². The first-order valence-corrected chi connectivity index (χ1v) is 13.4. The third-order valence-corrected chi connectivity index (χ3v) is 4.50. The van der Waals surface area contributed by atoms with Gasteiger partial charge in [0.15, 0.2) is 0 Å². The van der Waals surface area contributed by atoms with Crippen molar-refractivity contribution in [3.8, 4) is 0 Å². The van der Waals surface area contributed by atoms with Gasteiger partial charge in [0.1, 0.15) is 43.5 Å². The Morgan fingerprint density at radius 2 is 0.976 bits per heavy atom. The Hall–Kier alpha value is -2.44. The lowest BCUT2D eigenvalue weighted by molar-refractivity contribution is -0.160. The summed E-state index contributed by atoms with van der Waals surface area (Å²) >= 11 is 0. The molecule has 12 N–H and O–H groups in total. The Morgan fingerprint density at radius 3 is 1.29 bits per heavy atom. The first-order chi connectivity index (χ1) is 19.4. The summed E-state index contributed by atoms with van der Waals surface area (Å²) in [6.07, 6.45) is -0.0988. The maximum atomic E-state index is 11.6. The van der Waals surface area contributed by atoms with Crippen molar-refractivity contribution in [2.75, 3.05) is 40.6 Å². The van der Waals surface area contributed by atoms with Gasteiger partial charge in [-0.2, -0.15) is 0 Å². The maximum absolute atomic E-state index is 11.6. The molecule has 0 aliphatic rings. The first kappa shape index (κ1) is 46.5. The number of carbonyl (C=O) groups is 4. The molecule has 0 aliphatic heterocycles. The van der Waals surface area contributed by atoms with Crippen molar-refractivity contribution < 1.29 is 58.6 Å². The zero-order chi connectivity index (χ0) is 34.0. The number of aliphatic hydroxyl groups is 4. The molecule has 0 amide bonds. The van der Waals surface area contributed by atoms with Crippen LogP contribution in [0.1, 0.15) is 54.4 Å². The second-order valence-electron chi connectivity index (χ2n) is 9.93. The summed E-state index contributed by atoms with van der Waals surface area (Å²) < 4.78 is 18.7. The van der Waals surface area contributed by atoms with Crippen molar-refractivity contribution in [3.05, 3.63) is 0 Å². The van der Waals surface area contributed by atoms with Crippen LogP contribution in [0, 0.1) is 11.8 Å². The van der Waals surface area contributed by atoms with Gasteiger partial charge in [-0.1, -0.05) is 27.7 Å². The summed E-state index contributed by atoms with van der Waals surface area (Å²) in [6, 6.07) is -3.22. The smallest absolute Gasteiger partial charge is 0.325 e. The minimum Gasteiger partial charge on any atom is -0.468 e. The van der Waals surface area contributed by atoms with Crippen LogP contribution >= 0.6 is 0 Å². The van der Waals surface area contributed by atoms with E-state index in [4.69, 9.17) is 52.8 Å². The molecule has 0 aliphatic carbocycles. The third kappa shape index (κ3) is 29.1. The molecule has 0 aromatic carbocycles. The van der Waals surface area contributed by atoms with E-state index < -0.39 is 67.5 Å². The van der Waals surface area contributed by atoms with Gasteiger partial charge in [0.25, 0.3) is 0 Å². The predicted molar refractivity (Wildman–Crippen MR) is 154 cm³/mol. The van der Waals surface area contributed by atoms with E-state index in [1.165, 1.54) is 14.0 Å². The van der Waals surface area contributed by atoms with Gasteiger partial charge in [-0.05, 0) is 38.5 Å². The summed E-state index contributed by atoms with van der Waals surface area (Å²) in [5.74, 6) is -1.56. The number of ether oxygens (including phenoxy) is 4. The van der Waals surface area contributed by atoms with Crippen LogP contribution in [0.4, 0.5) is 0 Å². The molecule has 0 aromatic rings. The van der Waals surface area contributed by atoms with Crippen molar-refractivity contribution in [1.29, 1.82) is 0 Å². The standard InChI is InChI=1S/C12H24N2O5.C7H15NO2.C6H13NO4.CH4O/c1-7(2)4-9(13)12(17)19-8(3)6-18-11(16)10(14)5-15;1-5(2)4-6(8)7(9)10-3;1-4(9)3-11-6(10)5(7)2-8;1-2/h7-10,15H,4-6,13-14H2,1-3H3;5-6H,4,8H2,1-3H3;4-5,8-9H,2-3,7H2,1H3;2H,1H3/t8?,9-,10-;6-;4?,5-;/m000./s1. The largest absolute Gasteiger partial charge is 0.468 e. The van der Waals surface area contributed by atoms with Crippen LogP contribution < -0.4 is 22.9 Å². The van der Waals surface area contributed by atoms with Gasteiger partial charge in [0.05, 0.1) is 26.4 Å². The molecule has 42 heavy (non-hydrogen) atoms. The van der Waals surface area contributed by atoms with Crippen LogP contribution in [0.15, 0.2) is 0 Å². The highest BCUT2D eigenvalue weighted by Crippen LogP contribution is 2.06. The van der Waals surface area contributed by atoms with E-state index >= 15 is 0 Å².